The smallest absolute Gasteiger partial charge is 0.341 e. The lowest BCUT2D eigenvalue weighted by Gasteiger charge is -2.09. The van der Waals surface area contributed by atoms with Crippen LogP contribution in [0.25, 0.3) is 0 Å². The van der Waals surface area contributed by atoms with Crippen molar-refractivity contribution in [3.05, 3.63) is 40.3 Å². The van der Waals surface area contributed by atoms with Crippen LogP contribution >= 0.6 is 11.3 Å². The first kappa shape index (κ1) is 17.8. The van der Waals surface area contributed by atoms with Gasteiger partial charge in [-0.15, -0.1) is 11.3 Å². The molecule has 24 heavy (non-hydrogen) atoms. The number of hydrogen-bond acceptors (Lipinski definition) is 5. The number of methoxy groups -OCH3 is 1. The number of rotatable bonds is 5. The summed E-state index contributed by atoms with van der Waals surface area (Å²) in [6.07, 6.45) is 0. The van der Waals surface area contributed by atoms with Crippen LogP contribution in [0.2, 0.25) is 0 Å². The van der Waals surface area contributed by atoms with Crippen molar-refractivity contribution in [3.63, 3.8) is 0 Å². The van der Waals surface area contributed by atoms with Crippen LogP contribution in [0.1, 0.15) is 27.7 Å². The second-order valence-electron chi connectivity index (χ2n) is 5.02. The van der Waals surface area contributed by atoms with E-state index in [4.69, 9.17) is 9.47 Å². The van der Waals surface area contributed by atoms with E-state index in [2.05, 4.69) is 10.6 Å². The number of carbonyl (C=O) groups is 2. The second-order valence-corrected chi connectivity index (χ2v) is 6.24. The van der Waals surface area contributed by atoms with E-state index < -0.39 is 12.0 Å². The van der Waals surface area contributed by atoms with Crippen molar-refractivity contribution in [3.8, 4) is 5.75 Å². The van der Waals surface area contributed by atoms with E-state index in [9.17, 15) is 9.59 Å². The molecule has 128 valence electrons. The molecular weight excluding hydrogens is 328 g/mol. The SMILES string of the molecule is CCOC(=O)c1c(NC(=O)Nc2ccc(OC)cc2)sc(C)c1C. The largest absolute Gasteiger partial charge is 0.497 e. The Balaban J connectivity index is 2.13. The maximum Gasteiger partial charge on any atom is 0.341 e. The summed E-state index contributed by atoms with van der Waals surface area (Å²) in [5.41, 5.74) is 1.85. The number of amides is 2. The highest BCUT2D eigenvalue weighted by Crippen LogP contribution is 2.33. The first-order chi connectivity index (χ1) is 11.5. The summed E-state index contributed by atoms with van der Waals surface area (Å²) in [7, 11) is 1.58. The van der Waals surface area contributed by atoms with E-state index in [1.165, 1.54) is 11.3 Å². The topological polar surface area (TPSA) is 76.7 Å². The molecule has 2 rings (SSSR count). The average Bonchev–Trinajstić information content (AvgIpc) is 2.82. The molecule has 0 radical (unpaired) electrons. The van der Waals surface area contributed by atoms with Crippen LogP contribution in [-0.2, 0) is 4.74 Å². The summed E-state index contributed by atoms with van der Waals surface area (Å²) >= 11 is 1.35. The summed E-state index contributed by atoms with van der Waals surface area (Å²) in [6.45, 7) is 5.76. The van der Waals surface area contributed by atoms with Crippen molar-refractivity contribution in [1.82, 2.24) is 0 Å². The van der Waals surface area contributed by atoms with Crippen LogP contribution in [0.15, 0.2) is 24.3 Å². The Kier molecular flexibility index (Phi) is 5.81. The zero-order valence-corrected chi connectivity index (χ0v) is 14.9. The van der Waals surface area contributed by atoms with Crippen LogP contribution in [0.3, 0.4) is 0 Å². The summed E-state index contributed by atoms with van der Waals surface area (Å²) in [5, 5.41) is 5.92. The third kappa shape index (κ3) is 4.05. The minimum absolute atomic E-state index is 0.282. The molecule has 7 heteroatoms. The number of benzene rings is 1. The molecule has 1 heterocycles. The van der Waals surface area contributed by atoms with Gasteiger partial charge in [-0.05, 0) is 50.6 Å². The van der Waals surface area contributed by atoms with Gasteiger partial charge in [0, 0.05) is 10.6 Å². The van der Waals surface area contributed by atoms with Crippen molar-refractivity contribution in [1.29, 1.82) is 0 Å². The molecule has 6 nitrogen and oxygen atoms in total. The van der Waals surface area contributed by atoms with Crippen molar-refractivity contribution in [2.24, 2.45) is 0 Å². The Hall–Kier alpha value is -2.54. The van der Waals surface area contributed by atoms with Gasteiger partial charge in [0.25, 0.3) is 0 Å². The summed E-state index contributed by atoms with van der Waals surface area (Å²) in [6, 6.07) is 6.54. The van der Waals surface area contributed by atoms with Crippen LogP contribution < -0.4 is 15.4 Å². The molecule has 0 aliphatic heterocycles. The van der Waals surface area contributed by atoms with Crippen LogP contribution in [0.5, 0.6) is 5.75 Å². The molecule has 0 bridgehead atoms. The van der Waals surface area contributed by atoms with Gasteiger partial charge >= 0.3 is 12.0 Å². The minimum Gasteiger partial charge on any atom is -0.497 e. The molecule has 2 aromatic rings. The second kappa shape index (κ2) is 7.83. The van der Waals surface area contributed by atoms with Crippen molar-refractivity contribution < 1.29 is 19.1 Å². The highest BCUT2D eigenvalue weighted by atomic mass is 32.1. The fourth-order valence-electron chi connectivity index (χ4n) is 2.10. The zero-order chi connectivity index (χ0) is 17.7. The van der Waals surface area contributed by atoms with Crippen LogP contribution in [-0.4, -0.2) is 25.7 Å². The van der Waals surface area contributed by atoms with E-state index >= 15 is 0 Å². The minimum atomic E-state index is -0.431. The molecule has 0 saturated carbocycles. The lowest BCUT2D eigenvalue weighted by atomic mass is 10.1. The fourth-order valence-corrected chi connectivity index (χ4v) is 3.15. The van der Waals surface area contributed by atoms with Gasteiger partial charge in [-0.25, -0.2) is 9.59 Å². The maximum atomic E-state index is 12.2. The average molecular weight is 348 g/mol. The molecular formula is C17H20N2O4S. The first-order valence-corrected chi connectivity index (χ1v) is 8.27. The predicted molar refractivity (Wildman–Crippen MR) is 95.4 cm³/mol. The van der Waals surface area contributed by atoms with Crippen molar-refractivity contribution >= 4 is 34.0 Å². The highest BCUT2D eigenvalue weighted by molar-refractivity contribution is 7.16. The monoisotopic (exact) mass is 348 g/mol. The standard InChI is InChI=1S/C17H20N2O4S/c1-5-23-16(20)14-10(2)11(3)24-15(14)19-17(21)18-12-6-8-13(22-4)9-7-12/h6-9H,5H2,1-4H3,(H2,18,19,21). The quantitative estimate of drug-likeness (QED) is 0.794. The third-order valence-electron chi connectivity index (χ3n) is 3.44. The van der Waals surface area contributed by atoms with Crippen LogP contribution in [0, 0.1) is 13.8 Å². The van der Waals surface area contributed by atoms with E-state index in [0.717, 1.165) is 10.4 Å². The Labute approximate surface area is 144 Å². The zero-order valence-electron chi connectivity index (χ0n) is 14.1. The molecule has 0 aliphatic rings. The van der Waals surface area contributed by atoms with Gasteiger partial charge in [0.05, 0.1) is 19.3 Å². The number of hydrogen-bond donors (Lipinski definition) is 2. The lowest BCUT2D eigenvalue weighted by Crippen LogP contribution is -2.20. The molecule has 0 atom stereocenters. The van der Waals surface area contributed by atoms with Gasteiger partial charge in [-0.2, -0.15) is 0 Å². The van der Waals surface area contributed by atoms with Gasteiger partial charge in [0.2, 0.25) is 0 Å². The Morgan fingerprint density at radius 3 is 2.38 bits per heavy atom. The molecule has 2 amide bonds. The third-order valence-corrected chi connectivity index (χ3v) is 4.56. The number of thiophene rings is 1. The highest BCUT2D eigenvalue weighted by Gasteiger charge is 2.22. The first-order valence-electron chi connectivity index (χ1n) is 7.45. The Morgan fingerprint density at radius 2 is 1.79 bits per heavy atom. The summed E-state index contributed by atoms with van der Waals surface area (Å²) < 4.78 is 10.1. The predicted octanol–water partition coefficient (Wildman–Crippen LogP) is 4.19. The number of carbonyl (C=O) groups excluding carboxylic acids is 2. The normalized spacial score (nSPS) is 10.2. The van der Waals surface area contributed by atoms with E-state index in [0.29, 0.717) is 22.0 Å². The number of esters is 1. The number of nitrogens with one attached hydrogen (secondary N) is 2. The molecule has 0 saturated heterocycles. The molecule has 0 fully saturated rings. The van der Waals surface area contributed by atoms with Gasteiger partial charge in [-0.3, -0.25) is 5.32 Å². The Morgan fingerprint density at radius 1 is 1.12 bits per heavy atom. The van der Waals surface area contributed by atoms with E-state index in [-0.39, 0.29) is 6.61 Å². The van der Waals surface area contributed by atoms with Crippen LogP contribution in [0.4, 0.5) is 15.5 Å². The fraction of sp³-hybridized carbons (Fsp3) is 0.294. The number of anilines is 2. The van der Waals surface area contributed by atoms with Crippen molar-refractivity contribution in [2.75, 3.05) is 24.4 Å². The van der Waals surface area contributed by atoms with Gasteiger partial charge in [0.1, 0.15) is 10.8 Å². The number of urea groups is 1. The Bertz CT molecular complexity index is 738. The lowest BCUT2D eigenvalue weighted by molar-refractivity contribution is 0.0527. The molecule has 0 aliphatic carbocycles. The van der Waals surface area contributed by atoms with Gasteiger partial charge in [0.15, 0.2) is 0 Å². The van der Waals surface area contributed by atoms with Gasteiger partial charge < -0.3 is 14.8 Å². The number of aryl methyl sites for hydroxylation is 1. The van der Waals surface area contributed by atoms with Crippen molar-refractivity contribution in [2.45, 2.75) is 20.8 Å². The molecule has 0 spiro atoms. The van der Waals surface area contributed by atoms with Gasteiger partial charge in [-0.1, -0.05) is 0 Å². The van der Waals surface area contributed by atoms with E-state index in [1.807, 2.05) is 13.8 Å². The summed E-state index contributed by atoms with van der Waals surface area (Å²) in [4.78, 5) is 25.3. The molecule has 2 N–H and O–H groups in total. The maximum absolute atomic E-state index is 12.2. The number of ether oxygens (including phenoxy) is 2. The molecule has 0 unspecified atom stereocenters. The summed E-state index contributed by atoms with van der Waals surface area (Å²) in [5.74, 6) is 0.272. The van der Waals surface area contributed by atoms with E-state index in [1.54, 1.807) is 38.3 Å². The molecule has 1 aromatic heterocycles. The molecule has 1 aromatic carbocycles.